The molecule has 0 radical (unpaired) electrons. The van der Waals surface area contributed by atoms with Gasteiger partial charge in [-0.15, -0.1) is 0 Å². The van der Waals surface area contributed by atoms with Gasteiger partial charge in [0.1, 0.15) is 6.33 Å². The molecule has 5 heteroatoms. The van der Waals surface area contributed by atoms with Gasteiger partial charge in [-0.2, -0.15) is 5.10 Å². The van der Waals surface area contributed by atoms with Gasteiger partial charge in [0.05, 0.1) is 6.20 Å². The number of aromatic nitrogens is 4. The predicted molar refractivity (Wildman–Crippen MR) is 70.5 cm³/mol. The Bertz CT molecular complexity index is 524. The Morgan fingerprint density at radius 1 is 1.28 bits per heavy atom. The minimum Gasteiger partial charge on any atom is -0.308 e. The Hall–Kier alpha value is -1.75. The van der Waals surface area contributed by atoms with Crippen molar-refractivity contribution in [3.63, 3.8) is 0 Å². The van der Waals surface area contributed by atoms with Crippen molar-refractivity contribution in [3.05, 3.63) is 36.0 Å². The van der Waals surface area contributed by atoms with Crippen LogP contribution in [-0.4, -0.2) is 25.3 Å². The fraction of sp³-hybridized carbons (Fsp3) is 0.462. The van der Waals surface area contributed by atoms with Crippen molar-refractivity contribution < 1.29 is 0 Å². The molecule has 0 aromatic carbocycles. The van der Waals surface area contributed by atoms with Crippen LogP contribution in [0.25, 0.3) is 5.82 Å². The van der Waals surface area contributed by atoms with Crippen LogP contribution in [0.15, 0.2) is 24.9 Å². The van der Waals surface area contributed by atoms with Crippen molar-refractivity contribution in [2.24, 2.45) is 0 Å². The fourth-order valence-electron chi connectivity index (χ4n) is 1.57. The van der Waals surface area contributed by atoms with Gasteiger partial charge in [-0.05, 0) is 33.3 Å². The molecular formula is C13H19N5. The first-order chi connectivity index (χ1) is 8.46. The SMILES string of the molecule is Cc1cnn(-c2ncncc2CNC(C)(C)C)c1. The normalized spacial score (nSPS) is 11.8. The summed E-state index contributed by atoms with van der Waals surface area (Å²) in [5.74, 6) is 0.829. The maximum absolute atomic E-state index is 4.31. The monoisotopic (exact) mass is 245 g/mol. The quantitative estimate of drug-likeness (QED) is 0.896. The number of aryl methyl sites for hydroxylation is 1. The molecule has 0 aliphatic rings. The van der Waals surface area contributed by atoms with E-state index in [1.807, 2.05) is 25.5 Å². The van der Waals surface area contributed by atoms with E-state index in [0.717, 1.165) is 23.5 Å². The van der Waals surface area contributed by atoms with Crippen molar-refractivity contribution in [2.75, 3.05) is 0 Å². The van der Waals surface area contributed by atoms with E-state index in [2.05, 4.69) is 41.2 Å². The van der Waals surface area contributed by atoms with Crippen molar-refractivity contribution in [3.8, 4) is 5.82 Å². The molecule has 1 N–H and O–H groups in total. The van der Waals surface area contributed by atoms with Crippen molar-refractivity contribution in [1.82, 2.24) is 25.1 Å². The van der Waals surface area contributed by atoms with E-state index in [1.165, 1.54) is 0 Å². The summed E-state index contributed by atoms with van der Waals surface area (Å²) >= 11 is 0. The van der Waals surface area contributed by atoms with E-state index in [0.29, 0.717) is 0 Å². The minimum absolute atomic E-state index is 0.0626. The lowest BCUT2D eigenvalue weighted by molar-refractivity contribution is 0.423. The molecule has 5 nitrogen and oxygen atoms in total. The van der Waals surface area contributed by atoms with Crippen LogP contribution >= 0.6 is 0 Å². The van der Waals surface area contributed by atoms with Crippen LogP contribution in [-0.2, 0) is 6.54 Å². The van der Waals surface area contributed by atoms with Gasteiger partial charge in [0.25, 0.3) is 0 Å². The molecule has 0 atom stereocenters. The van der Waals surface area contributed by atoms with Crippen LogP contribution in [0, 0.1) is 6.92 Å². The molecule has 0 bridgehead atoms. The summed E-state index contributed by atoms with van der Waals surface area (Å²) in [6.45, 7) is 9.13. The molecule has 2 aromatic heterocycles. The molecule has 2 heterocycles. The molecule has 0 saturated carbocycles. The van der Waals surface area contributed by atoms with E-state index >= 15 is 0 Å². The Balaban J connectivity index is 2.26. The summed E-state index contributed by atoms with van der Waals surface area (Å²) in [4.78, 5) is 8.40. The molecule has 0 saturated heterocycles. The molecule has 0 aliphatic carbocycles. The number of nitrogens with zero attached hydrogens (tertiary/aromatic N) is 4. The molecule has 0 fully saturated rings. The van der Waals surface area contributed by atoms with E-state index < -0.39 is 0 Å². The van der Waals surface area contributed by atoms with Crippen molar-refractivity contribution in [2.45, 2.75) is 39.8 Å². The highest BCUT2D eigenvalue weighted by Gasteiger charge is 2.12. The summed E-state index contributed by atoms with van der Waals surface area (Å²) in [5.41, 5.74) is 2.21. The topological polar surface area (TPSA) is 55.6 Å². The lowest BCUT2D eigenvalue weighted by atomic mass is 10.1. The number of nitrogens with one attached hydrogen (secondary N) is 1. The third-order valence-corrected chi connectivity index (χ3v) is 2.50. The molecule has 0 amide bonds. The van der Waals surface area contributed by atoms with Crippen molar-refractivity contribution >= 4 is 0 Å². The highest BCUT2D eigenvalue weighted by atomic mass is 15.3. The van der Waals surface area contributed by atoms with Gasteiger partial charge in [-0.3, -0.25) is 0 Å². The average Bonchev–Trinajstić information content (AvgIpc) is 2.72. The second kappa shape index (κ2) is 4.86. The van der Waals surface area contributed by atoms with Crippen LogP contribution in [0.3, 0.4) is 0 Å². The zero-order valence-corrected chi connectivity index (χ0v) is 11.3. The number of hydrogen-bond donors (Lipinski definition) is 1. The molecule has 96 valence electrons. The van der Waals surface area contributed by atoms with Crippen LogP contribution in [0.4, 0.5) is 0 Å². The number of hydrogen-bond acceptors (Lipinski definition) is 4. The maximum Gasteiger partial charge on any atom is 0.161 e. The van der Waals surface area contributed by atoms with Gasteiger partial charge >= 0.3 is 0 Å². The highest BCUT2D eigenvalue weighted by molar-refractivity contribution is 5.31. The lowest BCUT2D eigenvalue weighted by Gasteiger charge is -2.21. The van der Waals surface area contributed by atoms with Crippen LogP contribution in [0.1, 0.15) is 31.9 Å². The summed E-state index contributed by atoms with van der Waals surface area (Å²) in [6.07, 6.45) is 7.16. The van der Waals surface area contributed by atoms with Gasteiger partial charge < -0.3 is 5.32 Å². The average molecular weight is 245 g/mol. The molecule has 18 heavy (non-hydrogen) atoms. The molecule has 2 rings (SSSR count). The van der Waals surface area contributed by atoms with Crippen LogP contribution < -0.4 is 5.32 Å². The Morgan fingerprint density at radius 3 is 2.67 bits per heavy atom. The van der Waals surface area contributed by atoms with Gasteiger partial charge in [0, 0.05) is 30.0 Å². The minimum atomic E-state index is 0.0626. The third kappa shape index (κ3) is 3.13. The van der Waals surface area contributed by atoms with Crippen molar-refractivity contribution in [1.29, 1.82) is 0 Å². The Kier molecular flexibility index (Phi) is 3.43. The zero-order chi connectivity index (χ0) is 13.2. The first-order valence-electron chi connectivity index (χ1n) is 6.01. The molecule has 0 aliphatic heterocycles. The smallest absolute Gasteiger partial charge is 0.161 e. The van der Waals surface area contributed by atoms with Gasteiger partial charge in [-0.1, -0.05) is 0 Å². The standard InChI is InChI=1S/C13H19N5/c1-10-5-17-18(8-10)12-11(6-14-9-15-12)7-16-13(2,3)4/h5-6,8-9,16H,7H2,1-4H3. The van der Waals surface area contributed by atoms with Crippen LogP contribution in [0.5, 0.6) is 0 Å². The summed E-state index contributed by atoms with van der Waals surface area (Å²) in [7, 11) is 0. The summed E-state index contributed by atoms with van der Waals surface area (Å²) < 4.78 is 1.79. The zero-order valence-electron chi connectivity index (χ0n) is 11.3. The first kappa shape index (κ1) is 12.7. The van der Waals surface area contributed by atoms with E-state index in [4.69, 9.17) is 0 Å². The van der Waals surface area contributed by atoms with E-state index in [-0.39, 0.29) is 5.54 Å². The van der Waals surface area contributed by atoms with Gasteiger partial charge in [0.15, 0.2) is 5.82 Å². The second-order valence-electron chi connectivity index (χ2n) is 5.44. The molecule has 0 unspecified atom stereocenters. The predicted octanol–water partition coefficient (Wildman–Crippen LogP) is 1.86. The molecule has 0 spiro atoms. The first-order valence-corrected chi connectivity index (χ1v) is 6.01. The highest BCUT2D eigenvalue weighted by Crippen LogP contribution is 2.11. The summed E-state index contributed by atoms with van der Waals surface area (Å²) in [6, 6.07) is 0. The Morgan fingerprint density at radius 2 is 2.06 bits per heavy atom. The van der Waals surface area contributed by atoms with E-state index in [1.54, 1.807) is 11.0 Å². The lowest BCUT2D eigenvalue weighted by Crippen LogP contribution is -2.35. The van der Waals surface area contributed by atoms with E-state index in [9.17, 15) is 0 Å². The largest absolute Gasteiger partial charge is 0.308 e. The maximum atomic E-state index is 4.31. The van der Waals surface area contributed by atoms with Crippen LogP contribution in [0.2, 0.25) is 0 Å². The third-order valence-electron chi connectivity index (χ3n) is 2.50. The number of rotatable bonds is 3. The second-order valence-corrected chi connectivity index (χ2v) is 5.44. The Labute approximate surface area is 107 Å². The molecule has 2 aromatic rings. The van der Waals surface area contributed by atoms with Gasteiger partial charge in [-0.25, -0.2) is 14.6 Å². The van der Waals surface area contributed by atoms with Gasteiger partial charge in [0.2, 0.25) is 0 Å². The summed E-state index contributed by atoms with van der Waals surface area (Å²) in [5, 5.41) is 7.72. The fourth-order valence-corrected chi connectivity index (χ4v) is 1.57. The molecular weight excluding hydrogens is 226 g/mol.